The number of anilines is 1. The second-order valence-electron chi connectivity index (χ2n) is 9.09. The standard InChI is InChI=1S/C30H26ClNO5/c1-4-18-13-14-23-28(34)32(21-12-8-11-20(31)15-21)29(35)30(23,19-9-6-5-7-10-19)27(18)26-24(33)16-22(36-2)17-25(26)37-3/h4-13,15-17,23,27,33H,1,14H2,2-3H3. The number of carbonyl (C=O) groups is 2. The third-order valence-corrected chi connectivity index (χ3v) is 7.63. The SMILES string of the molecule is C=CC1=CCC2C(=O)N(c3cccc(Cl)c3)C(=O)C2(c2ccccc2)C1c1c(O)cc(OC)cc1OC. The molecule has 2 aliphatic rings. The molecule has 37 heavy (non-hydrogen) atoms. The molecule has 3 atom stereocenters. The summed E-state index contributed by atoms with van der Waals surface area (Å²) < 4.78 is 11.0. The first-order chi connectivity index (χ1) is 17.9. The Bertz CT molecular complexity index is 1430. The Morgan fingerprint density at radius 1 is 1.05 bits per heavy atom. The molecule has 0 bridgehead atoms. The minimum atomic E-state index is -1.38. The van der Waals surface area contributed by atoms with E-state index in [0.717, 1.165) is 0 Å². The van der Waals surface area contributed by atoms with Crippen LogP contribution in [0.3, 0.4) is 0 Å². The second-order valence-corrected chi connectivity index (χ2v) is 9.52. The summed E-state index contributed by atoms with van der Waals surface area (Å²) in [4.78, 5) is 30.0. The zero-order valence-electron chi connectivity index (χ0n) is 20.5. The van der Waals surface area contributed by atoms with Crippen LogP contribution in [0.2, 0.25) is 5.02 Å². The number of ether oxygens (including phenoxy) is 2. The van der Waals surface area contributed by atoms with Crippen LogP contribution in [0, 0.1) is 5.92 Å². The van der Waals surface area contributed by atoms with Gasteiger partial charge in [0.15, 0.2) is 0 Å². The summed E-state index contributed by atoms with van der Waals surface area (Å²) in [5.74, 6) is -1.59. The summed E-state index contributed by atoms with van der Waals surface area (Å²) in [5, 5.41) is 11.7. The van der Waals surface area contributed by atoms with E-state index in [1.54, 1.807) is 36.4 Å². The van der Waals surface area contributed by atoms with Gasteiger partial charge in [-0.05, 0) is 35.8 Å². The Balaban J connectivity index is 1.85. The van der Waals surface area contributed by atoms with E-state index in [1.165, 1.54) is 25.2 Å². The first-order valence-corrected chi connectivity index (χ1v) is 12.2. The Morgan fingerprint density at radius 2 is 1.81 bits per heavy atom. The van der Waals surface area contributed by atoms with Gasteiger partial charge in [0.25, 0.3) is 0 Å². The summed E-state index contributed by atoms with van der Waals surface area (Å²) >= 11 is 6.25. The van der Waals surface area contributed by atoms with Gasteiger partial charge in [0.1, 0.15) is 17.2 Å². The molecule has 3 aromatic carbocycles. The van der Waals surface area contributed by atoms with Crippen molar-refractivity contribution in [1.82, 2.24) is 0 Å². The second kappa shape index (κ2) is 9.45. The lowest BCUT2D eigenvalue weighted by molar-refractivity contribution is -0.123. The molecule has 1 fully saturated rings. The van der Waals surface area contributed by atoms with Gasteiger partial charge in [0, 0.05) is 28.6 Å². The van der Waals surface area contributed by atoms with Gasteiger partial charge < -0.3 is 14.6 Å². The highest BCUT2D eigenvalue weighted by atomic mass is 35.5. The maximum atomic E-state index is 14.7. The molecule has 6 nitrogen and oxygen atoms in total. The smallest absolute Gasteiger partial charge is 0.246 e. The number of hydrogen-bond donors (Lipinski definition) is 1. The van der Waals surface area contributed by atoms with Gasteiger partial charge >= 0.3 is 0 Å². The maximum Gasteiger partial charge on any atom is 0.246 e. The van der Waals surface area contributed by atoms with E-state index in [4.69, 9.17) is 21.1 Å². The number of methoxy groups -OCH3 is 2. The van der Waals surface area contributed by atoms with E-state index in [-0.39, 0.29) is 11.7 Å². The van der Waals surface area contributed by atoms with Crippen molar-refractivity contribution in [3.05, 3.63) is 107 Å². The fourth-order valence-electron chi connectivity index (χ4n) is 5.86. The van der Waals surface area contributed by atoms with Crippen molar-refractivity contribution in [2.24, 2.45) is 5.92 Å². The normalized spacial score (nSPS) is 22.9. The van der Waals surface area contributed by atoms with Crippen LogP contribution in [-0.2, 0) is 15.0 Å². The Labute approximate surface area is 220 Å². The number of rotatable bonds is 6. The lowest BCUT2D eigenvalue weighted by Gasteiger charge is -2.43. The first kappa shape index (κ1) is 24.7. The number of aromatic hydroxyl groups is 1. The molecule has 188 valence electrons. The molecule has 7 heteroatoms. The van der Waals surface area contributed by atoms with Crippen LogP contribution in [0.4, 0.5) is 5.69 Å². The summed E-state index contributed by atoms with van der Waals surface area (Å²) in [6.45, 7) is 4.01. The van der Waals surface area contributed by atoms with E-state index >= 15 is 0 Å². The van der Waals surface area contributed by atoms with Crippen molar-refractivity contribution >= 4 is 29.1 Å². The number of halogens is 1. The van der Waals surface area contributed by atoms with Gasteiger partial charge in [-0.1, -0.05) is 66.7 Å². The summed E-state index contributed by atoms with van der Waals surface area (Å²) in [6.07, 6.45) is 3.92. The van der Waals surface area contributed by atoms with Crippen LogP contribution in [0.15, 0.2) is 91.0 Å². The Kier molecular flexibility index (Phi) is 6.30. The van der Waals surface area contributed by atoms with Gasteiger partial charge in [0.2, 0.25) is 11.8 Å². The van der Waals surface area contributed by atoms with Crippen LogP contribution in [0.5, 0.6) is 17.2 Å². The highest BCUT2D eigenvalue weighted by Gasteiger charge is 2.66. The lowest BCUT2D eigenvalue weighted by Crippen LogP contribution is -2.48. The van der Waals surface area contributed by atoms with Crippen LogP contribution < -0.4 is 14.4 Å². The topological polar surface area (TPSA) is 76.1 Å². The summed E-state index contributed by atoms with van der Waals surface area (Å²) in [5.41, 5.74) is 0.790. The average Bonchev–Trinajstić information content (AvgIpc) is 3.15. The summed E-state index contributed by atoms with van der Waals surface area (Å²) in [6, 6.07) is 19.1. The highest BCUT2D eigenvalue weighted by molar-refractivity contribution is 6.32. The fraction of sp³-hybridized carbons (Fsp3) is 0.200. The molecule has 0 saturated carbocycles. The molecule has 1 saturated heterocycles. The number of nitrogens with zero attached hydrogens (tertiary/aromatic N) is 1. The molecule has 1 aliphatic heterocycles. The van der Waals surface area contributed by atoms with E-state index in [9.17, 15) is 14.7 Å². The fourth-order valence-corrected chi connectivity index (χ4v) is 6.04. The molecule has 1 N–H and O–H groups in total. The molecule has 3 aromatic rings. The molecule has 1 aliphatic carbocycles. The molecule has 0 spiro atoms. The maximum absolute atomic E-state index is 14.7. The molecule has 3 unspecified atom stereocenters. The minimum Gasteiger partial charge on any atom is -0.507 e. The summed E-state index contributed by atoms with van der Waals surface area (Å²) in [7, 11) is 2.98. The largest absolute Gasteiger partial charge is 0.507 e. The zero-order valence-corrected chi connectivity index (χ0v) is 21.2. The average molecular weight is 516 g/mol. The molecule has 1 heterocycles. The van der Waals surface area contributed by atoms with Crippen molar-refractivity contribution in [3.63, 3.8) is 0 Å². The van der Waals surface area contributed by atoms with Crippen LogP contribution in [-0.4, -0.2) is 31.1 Å². The van der Waals surface area contributed by atoms with Gasteiger partial charge in [-0.15, -0.1) is 0 Å². The van der Waals surface area contributed by atoms with Gasteiger partial charge in [-0.25, -0.2) is 4.90 Å². The zero-order chi connectivity index (χ0) is 26.3. The van der Waals surface area contributed by atoms with Crippen molar-refractivity contribution in [2.75, 3.05) is 19.1 Å². The van der Waals surface area contributed by atoms with E-state index < -0.39 is 23.2 Å². The number of allylic oxidation sites excluding steroid dienone is 3. The number of phenolic OH excluding ortho intramolecular Hbond substituents is 1. The number of amides is 2. The molecule has 2 amide bonds. The Hall–Kier alpha value is -4.03. The number of carbonyl (C=O) groups excluding carboxylic acids is 2. The van der Waals surface area contributed by atoms with Crippen molar-refractivity contribution in [2.45, 2.75) is 17.8 Å². The third-order valence-electron chi connectivity index (χ3n) is 7.39. The minimum absolute atomic E-state index is 0.105. The number of benzene rings is 3. The number of hydrogen-bond acceptors (Lipinski definition) is 5. The van der Waals surface area contributed by atoms with Crippen LogP contribution >= 0.6 is 11.6 Å². The lowest BCUT2D eigenvalue weighted by atomic mass is 9.55. The monoisotopic (exact) mass is 515 g/mol. The molecular formula is C30H26ClNO5. The number of phenols is 1. The van der Waals surface area contributed by atoms with Gasteiger partial charge in [-0.2, -0.15) is 0 Å². The van der Waals surface area contributed by atoms with Crippen molar-refractivity contribution in [1.29, 1.82) is 0 Å². The van der Waals surface area contributed by atoms with Crippen molar-refractivity contribution in [3.8, 4) is 17.2 Å². The number of fused-ring (bicyclic) bond motifs is 1. The highest BCUT2D eigenvalue weighted by Crippen LogP contribution is 2.61. The van der Waals surface area contributed by atoms with E-state index in [1.807, 2.05) is 36.4 Å². The van der Waals surface area contributed by atoms with Crippen LogP contribution in [0.25, 0.3) is 0 Å². The Morgan fingerprint density at radius 3 is 2.46 bits per heavy atom. The van der Waals surface area contributed by atoms with E-state index in [2.05, 4.69) is 6.58 Å². The third kappa shape index (κ3) is 3.63. The van der Waals surface area contributed by atoms with E-state index in [0.29, 0.717) is 45.3 Å². The molecule has 0 radical (unpaired) electrons. The molecule has 0 aromatic heterocycles. The predicted molar refractivity (Wildman–Crippen MR) is 142 cm³/mol. The molecular weight excluding hydrogens is 490 g/mol. The van der Waals surface area contributed by atoms with Crippen molar-refractivity contribution < 1.29 is 24.2 Å². The number of imide groups is 1. The quantitative estimate of drug-likeness (QED) is 0.420. The molecule has 5 rings (SSSR count). The van der Waals surface area contributed by atoms with Gasteiger partial charge in [0.05, 0.1) is 31.2 Å². The van der Waals surface area contributed by atoms with Crippen LogP contribution in [0.1, 0.15) is 23.5 Å². The first-order valence-electron chi connectivity index (χ1n) is 11.8. The van der Waals surface area contributed by atoms with Gasteiger partial charge in [-0.3, -0.25) is 9.59 Å². The predicted octanol–water partition coefficient (Wildman–Crippen LogP) is 5.79.